The largest absolute Gasteiger partial charge is 0.496 e. The third-order valence-electron chi connectivity index (χ3n) is 4.41. The minimum absolute atomic E-state index is 0.0119. The van der Waals surface area contributed by atoms with Gasteiger partial charge >= 0.3 is 0 Å². The fourth-order valence-electron chi connectivity index (χ4n) is 2.92. The molecule has 0 aliphatic carbocycles. The summed E-state index contributed by atoms with van der Waals surface area (Å²) >= 11 is 1.28. The number of ether oxygens (including phenoxy) is 1. The van der Waals surface area contributed by atoms with E-state index in [9.17, 15) is 13.2 Å². The number of carbonyl (C=O) groups excluding carboxylic acids is 1. The normalized spacial score (nSPS) is 19.6. The van der Waals surface area contributed by atoms with Crippen LogP contribution in [0.5, 0.6) is 5.75 Å². The van der Waals surface area contributed by atoms with Crippen molar-refractivity contribution in [2.45, 2.75) is 29.8 Å². The molecule has 2 aromatic rings. The number of aromatic nitrogens is 3. The SMILES string of the molecule is COc1ccccc1-c1nnc(S[C@@H](C)C(=O)N[C@H]2CCS(=O)(=O)C2)n1C. The lowest BCUT2D eigenvalue weighted by atomic mass is 10.2. The first-order valence-electron chi connectivity index (χ1n) is 8.51. The second kappa shape index (κ2) is 7.89. The van der Waals surface area contributed by atoms with Crippen LogP contribution < -0.4 is 10.1 Å². The Hall–Kier alpha value is -2.07. The van der Waals surface area contributed by atoms with E-state index in [1.54, 1.807) is 14.0 Å². The third-order valence-corrected chi connectivity index (χ3v) is 7.31. The van der Waals surface area contributed by atoms with Crippen molar-refractivity contribution >= 4 is 27.5 Å². The van der Waals surface area contributed by atoms with Crippen LogP contribution in [0.25, 0.3) is 11.4 Å². The average Bonchev–Trinajstić information content (AvgIpc) is 3.16. The summed E-state index contributed by atoms with van der Waals surface area (Å²) in [5.41, 5.74) is 0.815. The Bertz CT molecular complexity index is 942. The second-order valence-corrected chi connectivity index (χ2v) is 9.97. The van der Waals surface area contributed by atoms with Crippen molar-refractivity contribution in [1.82, 2.24) is 20.1 Å². The molecule has 0 radical (unpaired) electrons. The van der Waals surface area contributed by atoms with Crippen molar-refractivity contribution in [3.8, 4) is 17.1 Å². The second-order valence-electron chi connectivity index (χ2n) is 6.43. The van der Waals surface area contributed by atoms with E-state index < -0.39 is 15.1 Å². The predicted octanol–water partition coefficient (Wildman–Crippen LogP) is 1.27. The highest BCUT2D eigenvalue weighted by molar-refractivity contribution is 8.00. The Balaban J connectivity index is 1.69. The molecule has 1 saturated heterocycles. The van der Waals surface area contributed by atoms with E-state index in [1.807, 2.05) is 35.9 Å². The molecule has 1 aromatic carbocycles. The number of para-hydroxylation sites is 1. The van der Waals surface area contributed by atoms with E-state index in [2.05, 4.69) is 15.5 Å². The fourth-order valence-corrected chi connectivity index (χ4v) is 5.42. The molecule has 1 fully saturated rings. The van der Waals surface area contributed by atoms with Gasteiger partial charge in [0.05, 0.1) is 29.4 Å². The van der Waals surface area contributed by atoms with E-state index in [4.69, 9.17) is 4.74 Å². The topological polar surface area (TPSA) is 103 Å². The lowest BCUT2D eigenvalue weighted by Gasteiger charge is -2.15. The molecule has 1 aromatic heterocycles. The highest BCUT2D eigenvalue weighted by Gasteiger charge is 2.30. The quantitative estimate of drug-likeness (QED) is 0.716. The maximum Gasteiger partial charge on any atom is 0.233 e. The summed E-state index contributed by atoms with van der Waals surface area (Å²) in [6.07, 6.45) is 0.466. The molecule has 146 valence electrons. The van der Waals surface area contributed by atoms with Gasteiger partial charge in [-0.2, -0.15) is 0 Å². The molecule has 27 heavy (non-hydrogen) atoms. The van der Waals surface area contributed by atoms with Crippen LogP contribution in [0.3, 0.4) is 0 Å². The lowest BCUT2D eigenvalue weighted by Crippen LogP contribution is -2.40. The highest BCUT2D eigenvalue weighted by atomic mass is 32.2. The van der Waals surface area contributed by atoms with Gasteiger partial charge in [0.1, 0.15) is 5.75 Å². The number of hydrogen-bond acceptors (Lipinski definition) is 7. The molecule has 2 heterocycles. The van der Waals surface area contributed by atoms with E-state index in [0.717, 1.165) is 5.56 Å². The molecule has 0 spiro atoms. The Kier molecular flexibility index (Phi) is 5.75. The van der Waals surface area contributed by atoms with Crippen molar-refractivity contribution in [1.29, 1.82) is 0 Å². The smallest absolute Gasteiger partial charge is 0.233 e. The highest BCUT2D eigenvalue weighted by Crippen LogP contribution is 2.31. The van der Waals surface area contributed by atoms with Gasteiger partial charge in [-0.05, 0) is 25.5 Å². The number of nitrogens with zero attached hydrogens (tertiary/aromatic N) is 3. The summed E-state index contributed by atoms with van der Waals surface area (Å²) in [7, 11) is 0.403. The number of methoxy groups -OCH3 is 1. The summed E-state index contributed by atoms with van der Waals surface area (Å²) in [6.45, 7) is 1.76. The number of sulfone groups is 1. The predicted molar refractivity (Wildman–Crippen MR) is 104 cm³/mol. The first kappa shape index (κ1) is 19.7. The Morgan fingerprint density at radius 2 is 2.11 bits per heavy atom. The van der Waals surface area contributed by atoms with Gasteiger partial charge < -0.3 is 14.6 Å². The van der Waals surface area contributed by atoms with E-state index in [-0.39, 0.29) is 23.5 Å². The van der Waals surface area contributed by atoms with Gasteiger partial charge in [-0.1, -0.05) is 23.9 Å². The summed E-state index contributed by atoms with van der Waals surface area (Å²) < 4.78 is 30.2. The molecular weight excluding hydrogens is 388 g/mol. The van der Waals surface area contributed by atoms with Crippen LogP contribution in [0.1, 0.15) is 13.3 Å². The van der Waals surface area contributed by atoms with Crippen LogP contribution in [0, 0.1) is 0 Å². The number of carbonyl (C=O) groups is 1. The number of benzene rings is 1. The molecule has 0 unspecified atom stereocenters. The maximum atomic E-state index is 12.4. The standard InChI is InChI=1S/C17H22N4O4S2/c1-11(16(22)18-12-8-9-27(23,24)10-12)26-17-20-19-15(21(17)2)13-6-4-5-7-14(13)25-3/h4-7,11-12H,8-10H2,1-3H3,(H,18,22)/t11-,12-/m0/s1. The van der Waals surface area contributed by atoms with Gasteiger partial charge in [-0.25, -0.2) is 8.42 Å². The van der Waals surface area contributed by atoms with Crippen molar-refractivity contribution in [3.63, 3.8) is 0 Å². The van der Waals surface area contributed by atoms with Crippen molar-refractivity contribution < 1.29 is 17.9 Å². The molecule has 1 amide bonds. The van der Waals surface area contributed by atoms with Gasteiger partial charge in [-0.15, -0.1) is 10.2 Å². The molecule has 10 heteroatoms. The zero-order chi connectivity index (χ0) is 19.6. The van der Waals surface area contributed by atoms with E-state index in [1.165, 1.54) is 11.8 Å². The fraction of sp³-hybridized carbons (Fsp3) is 0.471. The van der Waals surface area contributed by atoms with Crippen molar-refractivity contribution in [2.24, 2.45) is 7.05 Å². The molecule has 1 aliphatic rings. The number of rotatable bonds is 6. The molecule has 8 nitrogen and oxygen atoms in total. The van der Waals surface area contributed by atoms with Gasteiger partial charge in [0, 0.05) is 13.1 Å². The van der Waals surface area contributed by atoms with Gasteiger partial charge in [0.25, 0.3) is 0 Å². The van der Waals surface area contributed by atoms with Crippen LogP contribution in [0.15, 0.2) is 29.4 Å². The zero-order valence-corrected chi connectivity index (χ0v) is 17.0. The first-order valence-corrected chi connectivity index (χ1v) is 11.2. The zero-order valence-electron chi connectivity index (χ0n) is 15.4. The first-order chi connectivity index (χ1) is 12.8. The molecule has 0 saturated carbocycles. The average molecular weight is 411 g/mol. The van der Waals surface area contributed by atoms with Gasteiger partial charge in [0.2, 0.25) is 5.91 Å². The van der Waals surface area contributed by atoms with Crippen LogP contribution >= 0.6 is 11.8 Å². The molecule has 1 N–H and O–H groups in total. The van der Waals surface area contributed by atoms with E-state index >= 15 is 0 Å². The summed E-state index contributed by atoms with van der Waals surface area (Å²) in [6, 6.07) is 7.21. The Morgan fingerprint density at radius 1 is 1.37 bits per heavy atom. The van der Waals surface area contributed by atoms with Crippen molar-refractivity contribution in [3.05, 3.63) is 24.3 Å². The van der Waals surface area contributed by atoms with Crippen LogP contribution in [-0.2, 0) is 21.7 Å². The Labute approximate surface area is 162 Å². The lowest BCUT2D eigenvalue weighted by molar-refractivity contribution is -0.120. The number of amides is 1. The number of hydrogen-bond donors (Lipinski definition) is 1. The monoisotopic (exact) mass is 410 g/mol. The van der Waals surface area contributed by atoms with Gasteiger partial charge in [-0.3, -0.25) is 4.79 Å². The van der Waals surface area contributed by atoms with Crippen LogP contribution in [0.4, 0.5) is 0 Å². The Morgan fingerprint density at radius 3 is 2.78 bits per heavy atom. The maximum absolute atomic E-state index is 12.4. The number of thioether (sulfide) groups is 1. The minimum Gasteiger partial charge on any atom is -0.496 e. The molecular formula is C17H22N4O4S2. The molecule has 3 rings (SSSR count). The molecule has 1 aliphatic heterocycles. The van der Waals surface area contributed by atoms with Gasteiger partial charge in [0.15, 0.2) is 20.8 Å². The number of nitrogens with one attached hydrogen (secondary N) is 1. The summed E-state index contributed by atoms with van der Waals surface area (Å²) in [5.74, 6) is 1.27. The summed E-state index contributed by atoms with van der Waals surface area (Å²) in [5, 5.41) is 11.4. The summed E-state index contributed by atoms with van der Waals surface area (Å²) in [4.78, 5) is 12.4. The van der Waals surface area contributed by atoms with Crippen LogP contribution in [-0.4, -0.2) is 59.0 Å². The molecule has 0 bridgehead atoms. The van der Waals surface area contributed by atoms with Crippen LogP contribution in [0.2, 0.25) is 0 Å². The van der Waals surface area contributed by atoms with E-state index in [0.29, 0.717) is 23.2 Å². The molecule has 2 atom stereocenters. The van der Waals surface area contributed by atoms with Crippen molar-refractivity contribution in [2.75, 3.05) is 18.6 Å². The minimum atomic E-state index is -3.03. The third kappa shape index (κ3) is 4.44.